The van der Waals surface area contributed by atoms with E-state index >= 15 is 0 Å². The number of benzene rings is 2. The van der Waals surface area contributed by atoms with Gasteiger partial charge in [-0.25, -0.2) is 4.68 Å². The first-order valence-corrected chi connectivity index (χ1v) is 9.36. The third kappa shape index (κ3) is 5.34. The highest BCUT2D eigenvalue weighted by Crippen LogP contribution is 2.28. The molecule has 29 heavy (non-hydrogen) atoms. The summed E-state index contributed by atoms with van der Waals surface area (Å²) in [5, 5.41) is 7.88. The minimum Gasteiger partial charge on any atom is -0.497 e. The van der Waals surface area contributed by atoms with Crippen molar-refractivity contribution in [2.75, 3.05) is 26.1 Å². The number of aromatic nitrogens is 2. The molecular weight excluding hydrogens is 417 g/mol. The summed E-state index contributed by atoms with van der Waals surface area (Å²) in [7, 11) is 3.18. The van der Waals surface area contributed by atoms with Crippen LogP contribution < -0.4 is 19.5 Å². The van der Waals surface area contributed by atoms with Crippen molar-refractivity contribution in [1.82, 2.24) is 9.78 Å². The fourth-order valence-electron chi connectivity index (χ4n) is 2.62. The highest BCUT2D eigenvalue weighted by molar-refractivity contribution is 6.34. The number of halogens is 2. The number of carbonyl (C=O) groups is 1. The van der Waals surface area contributed by atoms with Crippen LogP contribution in [0.25, 0.3) is 0 Å². The van der Waals surface area contributed by atoms with Crippen LogP contribution in [0.4, 0.5) is 5.82 Å². The number of anilines is 1. The average Bonchev–Trinajstić information content (AvgIpc) is 3.15. The van der Waals surface area contributed by atoms with Gasteiger partial charge in [0.05, 0.1) is 32.0 Å². The second-order valence-electron chi connectivity index (χ2n) is 5.96. The molecule has 9 heteroatoms. The fourth-order valence-corrected chi connectivity index (χ4v) is 2.95. The lowest BCUT2D eigenvalue weighted by Crippen LogP contribution is -2.22. The zero-order valence-corrected chi connectivity index (χ0v) is 17.3. The van der Waals surface area contributed by atoms with Gasteiger partial charge < -0.3 is 19.5 Å². The Morgan fingerprint density at radius 3 is 2.66 bits per heavy atom. The van der Waals surface area contributed by atoms with Crippen LogP contribution in [0.1, 0.15) is 5.56 Å². The Morgan fingerprint density at radius 2 is 1.90 bits per heavy atom. The molecule has 3 rings (SSSR count). The molecule has 152 valence electrons. The van der Waals surface area contributed by atoms with Gasteiger partial charge in [-0.3, -0.25) is 4.79 Å². The van der Waals surface area contributed by atoms with Gasteiger partial charge in [-0.2, -0.15) is 5.10 Å². The molecule has 1 N–H and O–H groups in total. The number of ether oxygens (including phenoxy) is 3. The predicted molar refractivity (Wildman–Crippen MR) is 111 cm³/mol. The Bertz CT molecular complexity index is 1010. The fraction of sp³-hybridized carbons (Fsp3) is 0.200. The van der Waals surface area contributed by atoms with Gasteiger partial charge in [-0.15, -0.1) is 0 Å². The van der Waals surface area contributed by atoms with Gasteiger partial charge >= 0.3 is 0 Å². The first-order chi connectivity index (χ1) is 14.0. The Kier molecular flexibility index (Phi) is 6.85. The van der Waals surface area contributed by atoms with Gasteiger partial charge in [-0.05, 0) is 24.3 Å². The van der Waals surface area contributed by atoms with Crippen LogP contribution in [0.5, 0.6) is 17.2 Å². The molecule has 0 unspecified atom stereocenters. The summed E-state index contributed by atoms with van der Waals surface area (Å²) in [4.78, 5) is 12.3. The van der Waals surface area contributed by atoms with E-state index in [1.807, 2.05) is 12.1 Å². The summed E-state index contributed by atoms with van der Waals surface area (Å²) in [6, 6.07) is 12.0. The van der Waals surface area contributed by atoms with E-state index in [1.54, 1.807) is 55.4 Å². The first-order valence-electron chi connectivity index (χ1n) is 8.60. The van der Waals surface area contributed by atoms with Crippen LogP contribution in [0.2, 0.25) is 10.0 Å². The van der Waals surface area contributed by atoms with Crippen molar-refractivity contribution < 1.29 is 19.0 Å². The van der Waals surface area contributed by atoms with E-state index in [9.17, 15) is 4.79 Å². The lowest BCUT2D eigenvalue weighted by atomic mass is 10.2. The smallest absolute Gasteiger partial charge is 0.263 e. The Morgan fingerprint density at radius 1 is 1.07 bits per heavy atom. The maximum Gasteiger partial charge on any atom is 0.263 e. The molecule has 0 saturated heterocycles. The Labute approximate surface area is 178 Å². The van der Waals surface area contributed by atoms with Gasteiger partial charge in [0.25, 0.3) is 5.91 Å². The molecule has 2 aromatic carbocycles. The van der Waals surface area contributed by atoms with Crippen LogP contribution in [0, 0.1) is 0 Å². The Hall–Kier alpha value is -2.90. The van der Waals surface area contributed by atoms with E-state index in [2.05, 4.69) is 10.4 Å². The summed E-state index contributed by atoms with van der Waals surface area (Å²) in [6.07, 6.45) is 1.60. The zero-order valence-electron chi connectivity index (χ0n) is 15.8. The quantitative estimate of drug-likeness (QED) is 0.571. The SMILES string of the molecule is COc1ccc(Cn2nccc2NC(=O)COc2cc(Cl)ccc2Cl)c(OC)c1. The van der Waals surface area contributed by atoms with Crippen LogP contribution >= 0.6 is 23.2 Å². The van der Waals surface area contributed by atoms with Gasteiger partial charge in [0.2, 0.25) is 0 Å². The summed E-state index contributed by atoms with van der Waals surface area (Å²) >= 11 is 12.0. The number of nitrogens with one attached hydrogen (secondary N) is 1. The molecule has 1 heterocycles. The molecule has 0 fully saturated rings. The monoisotopic (exact) mass is 435 g/mol. The largest absolute Gasteiger partial charge is 0.497 e. The number of amides is 1. The third-order valence-corrected chi connectivity index (χ3v) is 4.60. The topological polar surface area (TPSA) is 74.6 Å². The van der Waals surface area contributed by atoms with Crippen molar-refractivity contribution in [2.45, 2.75) is 6.54 Å². The second kappa shape index (κ2) is 9.54. The van der Waals surface area contributed by atoms with E-state index in [1.165, 1.54) is 0 Å². The maximum atomic E-state index is 12.3. The molecule has 0 aliphatic heterocycles. The normalized spacial score (nSPS) is 10.5. The third-order valence-electron chi connectivity index (χ3n) is 4.05. The van der Waals surface area contributed by atoms with Gasteiger partial charge in [0.1, 0.15) is 23.1 Å². The predicted octanol–water partition coefficient (Wildman–Crippen LogP) is 4.27. The lowest BCUT2D eigenvalue weighted by Gasteiger charge is -2.13. The zero-order chi connectivity index (χ0) is 20.8. The molecule has 1 aromatic heterocycles. The lowest BCUT2D eigenvalue weighted by molar-refractivity contribution is -0.118. The van der Waals surface area contributed by atoms with Crippen LogP contribution in [0.3, 0.4) is 0 Å². The molecule has 0 radical (unpaired) electrons. The molecule has 0 aliphatic rings. The van der Waals surface area contributed by atoms with Gasteiger partial charge in [0.15, 0.2) is 6.61 Å². The minimum absolute atomic E-state index is 0.225. The standard InChI is InChI=1S/C20H19Cl2N3O4/c1-27-15-5-3-13(17(10-15)28-2)11-25-19(7-8-23-25)24-20(26)12-29-18-9-14(21)4-6-16(18)22/h3-10H,11-12H2,1-2H3,(H,24,26). The number of methoxy groups -OCH3 is 2. The van der Waals surface area contributed by atoms with E-state index in [0.29, 0.717) is 39.7 Å². The summed E-state index contributed by atoms with van der Waals surface area (Å²) < 4.78 is 17.7. The number of nitrogens with zero attached hydrogens (tertiary/aromatic N) is 2. The Balaban J connectivity index is 1.66. The van der Waals surface area contributed by atoms with Crippen molar-refractivity contribution in [3.05, 3.63) is 64.3 Å². The van der Waals surface area contributed by atoms with E-state index in [4.69, 9.17) is 37.4 Å². The molecule has 0 saturated carbocycles. The molecule has 7 nitrogen and oxygen atoms in total. The van der Waals surface area contributed by atoms with Crippen LogP contribution in [-0.2, 0) is 11.3 Å². The summed E-state index contributed by atoms with van der Waals surface area (Å²) in [6.45, 7) is 0.174. The highest BCUT2D eigenvalue weighted by atomic mass is 35.5. The van der Waals surface area contributed by atoms with Crippen molar-refractivity contribution in [1.29, 1.82) is 0 Å². The first kappa shape index (κ1) is 20.8. The van der Waals surface area contributed by atoms with E-state index in [0.717, 1.165) is 5.56 Å². The molecule has 1 amide bonds. The molecule has 3 aromatic rings. The van der Waals surface area contributed by atoms with Crippen molar-refractivity contribution in [3.8, 4) is 17.2 Å². The number of rotatable bonds is 8. The summed E-state index contributed by atoms with van der Waals surface area (Å²) in [5.41, 5.74) is 0.884. The molecule has 0 spiro atoms. The van der Waals surface area contributed by atoms with Gasteiger partial charge in [0, 0.05) is 28.8 Å². The second-order valence-corrected chi connectivity index (χ2v) is 6.81. The molecular formula is C20H19Cl2N3O4. The molecule has 0 aliphatic carbocycles. The maximum absolute atomic E-state index is 12.3. The van der Waals surface area contributed by atoms with E-state index in [-0.39, 0.29) is 12.5 Å². The minimum atomic E-state index is -0.357. The summed E-state index contributed by atoms with van der Waals surface area (Å²) in [5.74, 6) is 1.86. The van der Waals surface area contributed by atoms with Crippen molar-refractivity contribution in [2.24, 2.45) is 0 Å². The number of hydrogen-bond donors (Lipinski definition) is 1. The van der Waals surface area contributed by atoms with Crippen LogP contribution in [-0.4, -0.2) is 36.5 Å². The van der Waals surface area contributed by atoms with E-state index < -0.39 is 0 Å². The number of carbonyl (C=O) groups excluding carboxylic acids is 1. The van der Waals surface area contributed by atoms with Crippen molar-refractivity contribution in [3.63, 3.8) is 0 Å². The molecule has 0 bridgehead atoms. The average molecular weight is 436 g/mol. The van der Waals surface area contributed by atoms with Crippen molar-refractivity contribution >= 4 is 34.9 Å². The number of hydrogen-bond acceptors (Lipinski definition) is 5. The molecule has 0 atom stereocenters. The van der Waals surface area contributed by atoms with Gasteiger partial charge in [-0.1, -0.05) is 23.2 Å². The highest BCUT2D eigenvalue weighted by Gasteiger charge is 2.12. The van der Waals surface area contributed by atoms with Crippen LogP contribution in [0.15, 0.2) is 48.7 Å².